The Morgan fingerprint density at radius 1 is 1.13 bits per heavy atom. The molecular weight excluding hydrogens is 214 g/mol. The number of phenolic OH excluding ortho intramolecular Hbond substituents is 2. The second kappa shape index (κ2) is 4.73. The molecule has 3 nitrogen and oxygen atoms in total. The predicted octanol–water partition coefficient (Wildman–Crippen LogP) is 2.32. The summed E-state index contributed by atoms with van der Waals surface area (Å²) in [5.41, 5.74) is 6.84. The summed E-state index contributed by atoms with van der Waals surface area (Å²) in [5.74, 6) is 0.667. The maximum atomic E-state index is 9.30. The summed E-state index contributed by atoms with van der Waals surface area (Å²) < 4.78 is 0. The Morgan fingerprint density at radius 2 is 1.67 bits per heavy atom. The summed E-state index contributed by atoms with van der Waals surface area (Å²) in [6.45, 7) is 0. The highest BCUT2D eigenvalue weighted by Crippen LogP contribution is 2.37. The van der Waals surface area contributed by atoms with Crippen LogP contribution in [0.5, 0.6) is 11.5 Å². The van der Waals surface area contributed by atoms with Crippen LogP contribution in [-0.2, 0) is 0 Å². The monoisotopic (exact) mass is 229 g/mol. The van der Waals surface area contributed by atoms with Gasteiger partial charge in [-0.15, -0.1) is 12.4 Å². The Bertz CT molecular complexity index is 319. The first kappa shape index (κ1) is 12.1. The molecular formula is C11H16ClNO2. The Morgan fingerprint density at radius 3 is 2.07 bits per heavy atom. The zero-order valence-electron chi connectivity index (χ0n) is 8.39. The van der Waals surface area contributed by atoms with Crippen LogP contribution in [0.2, 0.25) is 0 Å². The van der Waals surface area contributed by atoms with Crippen LogP contribution in [0.4, 0.5) is 0 Å². The molecule has 0 saturated heterocycles. The zero-order valence-corrected chi connectivity index (χ0v) is 9.20. The molecule has 0 heterocycles. The van der Waals surface area contributed by atoms with E-state index < -0.39 is 0 Å². The van der Waals surface area contributed by atoms with Crippen molar-refractivity contribution in [3.63, 3.8) is 0 Å². The molecule has 0 unspecified atom stereocenters. The van der Waals surface area contributed by atoms with E-state index in [-0.39, 0.29) is 29.9 Å². The smallest absolute Gasteiger partial charge is 0.119 e. The van der Waals surface area contributed by atoms with Crippen molar-refractivity contribution in [2.45, 2.75) is 25.3 Å². The first-order valence-electron chi connectivity index (χ1n) is 4.95. The first-order valence-corrected chi connectivity index (χ1v) is 4.95. The van der Waals surface area contributed by atoms with Gasteiger partial charge in [0.25, 0.3) is 0 Å². The van der Waals surface area contributed by atoms with Gasteiger partial charge in [0.15, 0.2) is 0 Å². The third-order valence-electron chi connectivity index (χ3n) is 2.97. The average Bonchev–Trinajstić information content (AvgIpc) is 1.98. The molecule has 0 spiro atoms. The van der Waals surface area contributed by atoms with Crippen molar-refractivity contribution in [2.24, 2.45) is 11.7 Å². The number of hydrogen-bond acceptors (Lipinski definition) is 3. The Labute approximate surface area is 95.3 Å². The van der Waals surface area contributed by atoms with Gasteiger partial charge in [-0.25, -0.2) is 0 Å². The van der Waals surface area contributed by atoms with Crippen LogP contribution in [0.1, 0.15) is 30.9 Å². The van der Waals surface area contributed by atoms with Gasteiger partial charge in [0.05, 0.1) is 0 Å². The zero-order chi connectivity index (χ0) is 10.1. The second-order valence-electron chi connectivity index (χ2n) is 4.00. The van der Waals surface area contributed by atoms with Gasteiger partial charge >= 0.3 is 0 Å². The van der Waals surface area contributed by atoms with Gasteiger partial charge in [0, 0.05) is 12.1 Å². The van der Waals surface area contributed by atoms with Crippen molar-refractivity contribution < 1.29 is 10.2 Å². The van der Waals surface area contributed by atoms with Gasteiger partial charge < -0.3 is 15.9 Å². The molecule has 1 atom stereocenters. The SMILES string of the molecule is Cl.N[C@H](c1cc(O)cc(O)c1)C1CCC1. The molecule has 0 aliphatic heterocycles. The van der Waals surface area contributed by atoms with Gasteiger partial charge in [0.2, 0.25) is 0 Å². The van der Waals surface area contributed by atoms with E-state index in [1.54, 1.807) is 12.1 Å². The number of nitrogens with two attached hydrogens (primary N) is 1. The van der Waals surface area contributed by atoms with Crippen molar-refractivity contribution in [3.8, 4) is 11.5 Å². The second-order valence-corrected chi connectivity index (χ2v) is 4.00. The van der Waals surface area contributed by atoms with Crippen molar-refractivity contribution >= 4 is 12.4 Å². The lowest BCUT2D eigenvalue weighted by molar-refractivity contribution is 0.263. The molecule has 4 N–H and O–H groups in total. The lowest BCUT2D eigenvalue weighted by Gasteiger charge is -2.31. The minimum absolute atomic E-state index is 0. The van der Waals surface area contributed by atoms with E-state index in [9.17, 15) is 10.2 Å². The number of halogens is 1. The van der Waals surface area contributed by atoms with E-state index >= 15 is 0 Å². The highest BCUT2D eigenvalue weighted by molar-refractivity contribution is 5.85. The lowest BCUT2D eigenvalue weighted by atomic mass is 9.77. The summed E-state index contributed by atoms with van der Waals surface area (Å²) in [5, 5.41) is 18.6. The van der Waals surface area contributed by atoms with E-state index in [0.717, 1.165) is 18.4 Å². The molecule has 0 radical (unpaired) electrons. The number of phenols is 2. The summed E-state index contributed by atoms with van der Waals surface area (Å²) in [4.78, 5) is 0. The molecule has 0 amide bonds. The van der Waals surface area contributed by atoms with Crippen LogP contribution in [0.15, 0.2) is 18.2 Å². The third-order valence-corrected chi connectivity index (χ3v) is 2.97. The van der Waals surface area contributed by atoms with Gasteiger partial charge in [-0.2, -0.15) is 0 Å². The molecule has 1 aromatic rings. The molecule has 1 saturated carbocycles. The highest BCUT2D eigenvalue weighted by atomic mass is 35.5. The van der Waals surface area contributed by atoms with Crippen molar-refractivity contribution in [3.05, 3.63) is 23.8 Å². The van der Waals surface area contributed by atoms with Gasteiger partial charge in [0.1, 0.15) is 11.5 Å². The van der Waals surface area contributed by atoms with E-state index in [4.69, 9.17) is 5.73 Å². The fourth-order valence-corrected chi connectivity index (χ4v) is 1.88. The molecule has 2 rings (SSSR count). The highest BCUT2D eigenvalue weighted by Gasteiger charge is 2.25. The van der Waals surface area contributed by atoms with E-state index in [0.29, 0.717) is 5.92 Å². The molecule has 1 aliphatic rings. The Balaban J connectivity index is 0.00000112. The predicted molar refractivity (Wildman–Crippen MR) is 61.3 cm³/mol. The quantitative estimate of drug-likeness (QED) is 0.729. The fraction of sp³-hybridized carbons (Fsp3) is 0.455. The lowest BCUT2D eigenvalue weighted by Crippen LogP contribution is -2.26. The van der Waals surface area contributed by atoms with Crippen molar-refractivity contribution in [1.29, 1.82) is 0 Å². The molecule has 1 aromatic carbocycles. The standard InChI is InChI=1S/C11H15NO2.ClH/c12-11(7-2-1-3-7)8-4-9(13)6-10(14)5-8;/h4-7,11,13-14H,1-3,12H2;1H/t11-;/m0./s1. The van der Waals surface area contributed by atoms with Crippen LogP contribution in [0.3, 0.4) is 0 Å². The first-order chi connectivity index (χ1) is 6.66. The van der Waals surface area contributed by atoms with Gasteiger partial charge in [-0.1, -0.05) is 6.42 Å². The minimum atomic E-state index is -0.0539. The van der Waals surface area contributed by atoms with Crippen LogP contribution in [0.25, 0.3) is 0 Å². The molecule has 1 fully saturated rings. The molecule has 4 heteroatoms. The molecule has 0 bridgehead atoms. The van der Waals surface area contributed by atoms with Gasteiger partial charge in [-0.05, 0) is 36.5 Å². The molecule has 0 aromatic heterocycles. The average molecular weight is 230 g/mol. The fourth-order valence-electron chi connectivity index (χ4n) is 1.88. The van der Waals surface area contributed by atoms with E-state index in [1.807, 2.05) is 0 Å². The number of rotatable bonds is 2. The maximum absolute atomic E-state index is 9.30. The van der Waals surface area contributed by atoms with Crippen molar-refractivity contribution in [1.82, 2.24) is 0 Å². The van der Waals surface area contributed by atoms with Gasteiger partial charge in [-0.3, -0.25) is 0 Å². The number of benzene rings is 1. The molecule has 1 aliphatic carbocycles. The summed E-state index contributed by atoms with van der Waals surface area (Å²) in [6.07, 6.45) is 3.54. The summed E-state index contributed by atoms with van der Waals surface area (Å²) in [6, 6.07) is 4.52. The molecule has 84 valence electrons. The van der Waals surface area contributed by atoms with Crippen molar-refractivity contribution in [2.75, 3.05) is 0 Å². The maximum Gasteiger partial charge on any atom is 0.119 e. The number of hydrogen-bond donors (Lipinski definition) is 3. The Kier molecular flexibility index (Phi) is 3.83. The van der Waals surface area contributed by atoms with E-state index in [1.165, 1.54) is 12.5 Å². The van der Waals surface area contributed by atoms with Crippen LogP contribution < -0.4 is 5.73 Å². The van der Waals surface area contributed by atoms with Crippen LogP contribution in [0, 0.1) is 5.92 Å². The third kappa shape index (κ3) is 2.55. The molecule has 15 heavy (non-hydrogen) atoms. The van der Waals surface area contributed by atoms with Crippen LogP contribution >= 0.6 is 12.4 Å². The van der Waals surface area contributed by atoms with E-state index in [2.05, 4.69) is 0 Å². The summed E-state index contributed by atoms with van der Waals surface area (Å²) >= 11 is 0. The minimum Gasteiger partial charge on any atom is -0.508 e. The van der Waals surface area contributed by atoms with Crippen LogP contribution in [-0.4, -0.2) is 10.2 Å². The summed E-state index contributed by atoms with van der Waals surface area (Å²) in [7, 11) is 0. The Hall–Kier alpha value is -0.930. The number of aromatic hydroxyl groups is 2. The normalized spacial score (nSPS) is 17.7. The largest absolute Gasteiger partial charge is 0.508 e. The topological polar surface area (TPSA) is 66.5 Å².